The molecule has 0 spiro atoms. The van der Waals surface area contributed by atoms with E-state index in [1.807, 2.05) is 6.07 Å². The molecule has 0 bridgehead atoms. The molecule has 0 radical (unpaired) electrons. The van der Waals surface area contributed by atoms with E-state index in [9.17, 15) is 8.42 Å². The van der Waals surface area contributed by atoms with Gasteiger partial charge in [-0.25, -0.2) is 8.42 Å². The fraction of sp³-hybridized carbons (Fsp3) is 0.154. The van der Waals surface area contributed by atoms with Gasteiger partial charge < -0.3 is 0 Å². The fourth-order valence-corrected chi connectivity index (χ4v) is 2.75. The highest BCUT2D eigenvalue weighted by molar-refractivity contribution is 7.92. The Kier molecular flexibility index (Phi) is 4.07. The second-order valence-electron chi connectivity index (χ2n) is 4.11. The summed E-state index contributed by atoms with van der Waals surface area (Å²) in [5, 5.41) is 0.498. The Labute approximate surface area is 117 Å². The van der Waals surface area contributed by atoms with Crippen LogP contribution in [-0.4, -0.2) is 19.7 Å². The van der Waals surface area contributed by atoms with Gasteiger partial charge in [0.15, 0.2) is 0 Å². The molecule has 100 valence electrons. The SMILES string of the molecule is CS(=O)(=O)N(Cc1cccnc1)c1cccc(Cl)c1. The molecule has 1 aromatic heterocycles. The molecule has 2 rings (SSSR count). The molecule has 0 atom stereocenters. The van der Waals surface area contributed by atoms with Crippen molar-refractivity contribution in [1.82, 2.24) is 4.98 Å². The summed E-state index contributed by atoms with van der Waals surface area (Å²) in [4.78, 5) is 3.98. The quantitative estimate of drug-likeness (QED) is 0.871. The van der Waals surface area contributed by atoms with Gasteiger partial charge in [-0.05, 0) is 29.8 Å². The molecule has 1 heterocycles. The van der Waals surface area contributed by atoms with Gasteiger partial charge in [0.25, 0.3) is 0 Å². The smallest absolute Gasteiger partial charge is 0.232 e. The number of rotatable bonds is 4. The van der Waals surface area contributed by atoms with E-state index in [0.29, 0.717) is 10.7 Å². The Bertz CT molecular complexity index is 659. The number of hydrogen-bond acceptors (Lipinski definition) is 3. The average molecular weight is 297 g/mol. The molecule has 0 N–H and O–H groups in total. The van der Waals surface area contributed by atoms with Gasteiger partial charge in [-0.15, -0.1) is 0 Å². The summed E-state index contributed by atoms with van der Waals surface area (Å²) in [7, 11) is -3.39. The van der Waals surface area contributed by atoms with E-state index in [-0.39, 0.29) is 6.54 Å². The minimum Gasteiger partial charge on any atom is -0.266 e. The van der Waals surface area contributed by atoms with Crippen LogP contribution in [0.1, 0.15) is 5.56 Å². The van der Waals surface area contributed by atoms with Crippen LogP contribution in [0.25, 0.3) is 0 Å². The number of nitrogens with zero attached hydrogens (tertiary/aromatic N) is 2. The van der Waals surface area contributed by atoms with E-state index < -0.39 is 10.0 Å². The van der Waals surface area contributed by atoms with Crippen LogP contribution in [0.2, 0.25) is 5.02 Å². The first-order valence-corrected chi connectivity index (χ1v) is 7.81. The third-order valence-electron chi connectivity index (χ3n) is 2.55. The first kappa shape index (κ1) is 13.8. The van der Waals surface area contributed by atoms with Gasteiger partial charge in [0.1, 0.15) is 0 Å². The highest BCUT2D eigenvalue weighted by Gasteiger charge is 2.18. The predicted molar refractivity (Wildman–Crippen MR) is 76.7 cm³/mol. The lowest BCUT2D eigenvalue weighted by Gasteiger charge is -2.22. The summed E-state index contributed by atoms with van der Waals surface area (Å²) in [5.74, 6) is 0. The molecule has 0 amide bonds. The summed E-state index contributed by atoms with van der Waals surface area (Å²) >= 11 is 5.91. The van der Waals surface area contributed by atoms with Gasteiger partial charge in [-0.1, -0.05) is 23.7 Å². The number of halogens is 1. The Morgan fingerprint density at radius 1 is 1.26 bits per heavy atom. The summed E-state index contributed by atoms with van der Waals surface area (Å²) in [6, 6.07) is 10.4. The van der Waals surface area contributed by atoms with Crippen molar-refractivity contribution in [2.45, 2.75) is 6.54 Å². The molecular weight excluding hydrogens is 284 g/mol. The standard InChI is InChI=1S/C13H13ClN2O2S/c1-19(17,18)16(10-11-4-3-7-15-9-11)13-6-2-5-12(14)8-13/h2-9H,10H2,1H3. The lowest BCUT2D eigenvalue weighted by Crippen LogP contribution is -2.29. The van der Waals surface area contributed by atoms with Crippen molar-refractivity contribution in [3.63, 3.8) is 0 Å². The molecule has 0 saturated heterocycles. The minimum atomic E-state index is -3.39. The number of sulfonamides is 1. The lowest BCUT2D eigenvalue weighted by atomic mass is 10.2. The molecule has 0 unspecified atom stereocenters. The Morgan fingerprint density at radius 3 is 2.63 bits per heavy atom. The Hall–Kier alpha value is -1.59. The van der Waals surface area contributed by atoms with Gasteiger partial charge >= 0.3 is 0 Å². The van der Waals surface area contributed by atoms with Crippen LogP contribution in [0, 0.1) is 0 Å². The molecule has 4 nitrogen and oxygen atoms in total. The maximum atomic E-state index is 11.9. The maximum absolute atomic E-state index is 11.9. The topological polar surface area (TPSA) is 50.3 Å². The maximum Gasteiger partial charge on any atom is 0.232 e. The summed E-state index contributed by atoms with van der Waals surface area (Å²) in [5.41, 5.74) is 1.35. The molecule has 19 heavy (non-hydrogen) atoms. The van der Waals surface area contributed by atoms with Crippen LogP contribution in [0.4, 0.5) is 5.69 Å². The van der Waals surface area contributed by atoms with Gasteiger partial charge in [0.05, 0.1) is 18.5 Å². The van der Waals surface area contributed by atoms with Crippen molar-refractivity contribution in [1.29, 1.82) is 0 Å². The van der Waals surface area contributed by atoms with E-state index in [1.165, 1.54) is 10.6 Å². The summed E-state index contributed by atoms with van der Waals surface area (Å²) in [6.07, 6.45) is 4.46. The second kappa shape index (κ2) is 5.59. The molecule has 2 aromatic rings. The Balaban J connectivity index is 2.38. The normalized spacial score (nSPS) is 11.3. The van der Waals surface area contributed by atoms with Gasteiger partial charge in [0.2, 0.25) is 10.0 Å². The first-order valence-electron chi connectivity index (χ1n) is 5.59. The third-order valence-corrected chi connectivity index (χ3v) is 3.92. The van der Waals surface area contributed by atoms with E-state index >= 15 is 0 Å². The lowest BCUT2D eigenvalue weighted by molar-refractivity contribution is 0.596. The van der Waals surface area contributed by atoms with Crippen LogP contribution in [0.3, 0.4) is 0 Å². The van der Waals surface area contributed by atoms with Crippen LogP contribution in [0.15, 0.2) is 48.8 Å². The molecule has 0 saturated carbocycles. The van der Waals surface area contributed by atoms with E-state index in [1.54, 1.807) is 42.7 Å². The fourth-order valence-electron chi connectivity index (χ4n) is 1.69. The van der Waals surface area contributed by atoms with E-state index in [2.05, 4.69) is 4.98 Å². The van der Waals surface area contributed by atoms with Gasteiger partial charge in [0, 0.05) is 17.4 Å². The van der Waals surface area contributed by atoms with Crippen LogP contribution in [-0.2, 0) is 16.6 Å². The van der Waals surface area contributed by atoms with E-state index in [4.69, 9.17) is 11.6 Å². The number of hydrogen-bond donors (Lipinski definition) is 0. The summed E-state index contributed by atoms with van der Waals surface area (Å²) in [6.45, 7) is 0.229. The van der Waals surface area contributed by atoms with Crippen LogP contribution < -0.4 is 4.31 Å². The zero-order valence-corrected chi connectivity index (χ0v) is 11.9. The zero-order valence-electron chi connectivity index (χ0n) is 10.3. The van der Waals surface area contributed by atoms with Crippen LogP contribution >= 0.6 is 11.6 Å². The second-order valence-corrected chi connectivity index (χ2v) is 6.45. The number of benzene rings is 1. The molecule has 0 aliphatic rings. The predicted octanol–water partition coefficient (Wildman–Crippen LogP) is 2.70. The summed E-state index contributed by atoms with van der Waals surface area (Å²) < 4.78 is 25.1. The van der Waals surface area contributed by atoms with Crippen molar-refractivity contribution in [3.05, 3.63) is 59.4 Å². The van der Waals surface area contributed by atoms with Crippen molar-refractivity contribution >= 4 is 27.3 Å². The zero-order chi connectivity index (χ0) is 13.9. The number of pyridine rings is 1. The average Bonchev–Trinajstić information content (AvgIpc) is 2.36. The highest BCUT2D eigenvalue weighted by atomic mass is 35.5. The minimum absolute atomic E-state index is 0.229. The molecule has 0 fully saturated rings. The number of aromatic nitrogens is 1. The molecule has 0 aliphatic carbocycles. The Morgan fingerprint density at radius 2 is 2.05 bits per heavy atom. The monoisotopic (exact) mass is 296 g/mol. The molecule has 0 aliphatic heterocycles. The van der Waals surface area contributed by atoms with E-state index in [0.717, 1.165) is 5.56 Å². The van der Waals surface area contributed by atoms with Crippen molar-refractivity contribution < 1.29 is 8.42 Å². The first-order chi connectivity index (χ1) is 8.97. The number of anilines is 1. The van der Waals surface area contributed by atoms with Crippen molar-refractivity contribution in [2.75, 3.05) is 10.6 Å². The van der Waals surface area contributed by atoms with Crippen molar-refractivity contribution in [2.24, 2.45) is 0 Å². The largest absolute Gasteiger partial charge is 0.266 e. The van der Waals surface area contributed by atoms with Gasteiger partial charge in [-0.3, -0.25) is 9.29 Å². The van der Waals surface area contributed by atoms with Crippen LogP contribution in [0.5, 0.6) is 0 Å². The van der Waals surface area contributed by atoms with Crippen molar-refractivity contribution in [3.8, 4) is 0 Å². The molecule has 1 aromatic carbocycles. The third kappa shape index (κ3) is 3.68. The molecule has 6 heteroatoms. The van der Waals surface area contributed by atoms with Gasteiger partial charge in [-0.2, -0.15) is 0 Å². The molecular formula is C13H13ClN2O2S. The highest BCUT2D eigenvalue weighted by Crippen LogP contribution is 2.23.